The van der Waals surface area contributed by atoms with Gasteiger partial charge >= 0.3 is 11.9 Å². The van der Waals surface area contributed by atoms with E-state index in [1.807, 2.05) is 13.8 Å². The summed E-state index contributed by atoms with van der Waals surface area (Å²) in [5.74, 6) is -0.706. The maximum atomic E-state index is 12.9. The lowest BCUT2D eigenvalue weighted by atomic mass is 10.0. The van der Waals surface area contributed by atoms with Crippen molar-refractivity contribution >= 4 is 23.5 Å². The summed E-state index contributed by atoms with van der Waals surface area (Å²) in [4.78, 5) is 24.4. The van der Waals surface area contributed by atoms with Crippen molar-refractivity contribution in [3.63, 3.8) is 0 Å². The molecule has 5 N–H and O–H groups in total. The number of amidine groups is 1. The average Bonchev–Trinajstić information content (AvgIpc) is 2.77. The fourth-order valence-corrected chi connectivity index (χ4v) is 2.98. The molecule has 10 heteroatoms. The number of benzene rings is 2. The van der Waals surface area contributed by atoms with Gasteiger partial charge in [-0.25, -0.2) is 4.79 Å². The summed E-state index contributed by atoms with van der Waals surface area (Å²) in [7, 11) is 0. The lowest BCUT2D eigenvalue weighted by Crippen LogP contribution is -2.26. The van der Waals surface area contributed by atoms with Crippen LogP contribution in [0.1, 0.15) is 37.9 Å². The van der Waals surface area contributed by atoms with E-state index in [0.717, 1.165) is 6.92 Å². The number of carbonyl (C=O) groups is 2. The first-order valence-corrected chi connectivity index (χ1v) is 10.4. The molecular formula is C23H29N3O7. The second-order valence-electron chi connectivity index (χ2n) is 6.76. The lowest BCUT2D eigenvalue weighted by Gasteiger charge is -2.23. The van der Waals surface area contributed by atoms with Crippen LogP contribution in [0.4, 0.5) is 5.69 Å². The fourth-order valence-electron chi connectivity index (χ4n) is 2.98. The van der Waals surface area contributed by atoms with Crippen LogP contribution in [-0.2, 0) is 14.3 Å². The summed E-state index contributed by atoms with van der Waals surface area (Å²) in [5.41, 5.74) is 6.83. The number of aliphatic hydroxyl groups is 1. The number of ether oxygens (including phenoxy) is 4. The molecule has 33 heavy (non-hydrogen) atoms. The Morgan fingerprint density at radius 3 is 2.15 bits per heavy atom. The van der Waals surface area contributed by atoms with Crippen LogP contribution in [0.2, 0.25) is 0 Å². The Morgan fingerprint density at radius 2 is 1.64 bits per heavy atom. The Balaban J connectivity index is 2.58. The number of hydrogen-bond acceptors (Lipinski definition) is 9. The molecule has 0 bridgehead atoms. The van der Waals surface area contributed by atoms with E-state index >= 15 is 0 Å². The van der Waals surface area contributed by atoms with Gasteiger partial charge < -0.3 is 35.1 Å². The highest BCUT2D eigenvalue weighted by molar-refractivity contribution is 5.95. The van der Waals surface area contributed by atoms with E-state index in [4.69, 9.17) is 30.1 Å². The molecule has 0 heterocycles. The van der Waals surface area contributed by atoms with Crippen molar-refractivity contribution in [2.24, 2.45) is 5.73 Å². The zero-order chi connectivity index (χ0) is 24.4. The van der Waals surface area contributed by atoms with Gasteiger partial charge in [-0.3, -0.25) is 10.2 Å². The number of anilines is 1. The van der Waals surface area contributed by atoms with Gasteiger partial charge in [-0.1, -0.05) is 0 Å². The summed E-state index contributed by atoms with van der Waals surface area (Å²) < 4.78 is 21.8. The third-order valence-electron chi connectivity index (χ3n) is 4.32. The largest absolute Gasteiger partial charge is 0.491 e. The summed E-state index contributed by atoms with van der Waals surface area (Å²) in [6.45, 7) is 5.18. The van der Waals surface area contributed by atoms with E-state index in [0.29, 0.717) is 41.5 Å². The summed E-state index contributed by atoms with van der Waals surface area (Å²) >= 11 is 0. The zero-order valence-corrected chi connectivity index (χ0v) is 18.8. The summed E-state index contributed by atoms with van der Waals surface area (Å²) in [6, 6.07) is 8.48. The highest BCUT2D eigenvalue weighted by atomic mass is 16.6. The van der Waals surface area contributed by atoms with Crippen LogP contribution >= 0.6 is 0 Å². The van der Waals surface area contributed by atoms with E-state index in [-0.39, 0.29) is 24.8 Å². The summed E-state index contributed by atoms with van der Waals surface area (Å²) in [5, 5.41) is 19.8. The number of esters is 2. The number of nitrogens with one attached hydrogen (secondary N) is 2. The van der Waals surface area contributed by atoms with E-state index in [1.54, 1.807) is 36.4 Å². The predicted octanol–water partition coefficient (Wildman–Crippen LogP) is 2.38. The van der Waals surface area contributed by atoms with Crippen molar-refractivity contribution in [3.05, 3.63) is 47.5 Å². The Kier molecular flexibility index (Phi) is 9.49. The number of nitrogen functional groups attached to an aromatic ring is 1. The second kappa shape index (κ2) is 12.3. The Labute approximate surface area is 192 Å². The van der Waals surface area contributed by atoms with Crippen molar-refractivity contribution in [1.82, 2.24) is 0 Å². The van der Waals surface area contributed by atoms with Crippen LogP contribution in [0.3, 0.4) is 0 Å². The van der Waals surface area contributed by atoms with Gasteiger partial charge in [0.15, 0.2) is 17.5 Å². The first kappa shape index (κ1) is 25.5. The van der Waals surface area contributed by atoms with Crippen molar-refractivity contribution in [2.45, 2.75) is 26.8 Å². The number of carbonyl (C=O) groups excluding carboxylic acids is 2. The summed E-state index contributed by atoms with van der Waals surface area (Å²) in [6.07, 6.45) is 0. The molecule has 2 aromatic rings. The van der Waals surface area contributed by atoms with Gasteiger partial charge in [-0.15, -0.1) is 0 Å². The molecule has 0 amide bonds. The van der Waals surface area contributed by atoms with Gasteiger partial charge in [-0.05, 0) is 44.2 Å². The SMILES string of the molecule is CCOc1cc(OCCO)c(C(Nc2ccc(C(=N)N)cc2)C(=O)OC(C)=O)cc1OCC. The molecule has 178 valence electrons. The van der Waals surface area contributed by atoms with E-state index in [2.05, 4.69) is 5.32 Å². The van der Waals surface area contributed by atoms with Gasteiger partial charge in [0.2, 0.25) is 0 Å². The first-order chi connectivity index (χ1) is 15.8. The smallest absolute Gasteiger partial charge is 0.341 e. The maximum absolute atomic E-state index is 12.9. The van der Waals surface area contributed by atoms with Crippen LogP contribution in [0, 0.1) is 5.41 Å². The second-order valence-corrected chi connectivity index (χ2v) is 6.76. The van der Waals surface area contributed by atoms with Crippen molar-refractivity contribution in [3.8, 4) is 17.2 Å². The molecule has 0 saturated carbocycles. The molecule has 0 radical (unpaired) electrons. The van der Waals surface area contributed by atoms with Gasteiger partial charge in [-0.2, -0.15) is 0 Å². The van der Waals surface area contributed by atoms with Crippen molar-refractivity contribution < 1.29 is 33.6 Å². The molecule has 0 aliphatic carbocycles. The van der Waals surface area contributed by atoms with Gasteiger partial charge in [0.05, 0.1) is 19.8 Å². The topological polar surface area (TPSA) is 153 Å². The molecule has 0 fully saturated rings. The molecule has 10 nitrogen and oxygen atoms in total. The van der Waals surface area contributed by atoms with Gasteiger partial charge in [0.1, 0.15) is 18.2 Å². The number of nitrogens with two attached hydrogens (primary N) is 1. The molecule has 2 rings (SSSR count). The van der Waals surface area contributed by atoms with Crippen LogP contribution in [0.5, 0.6) is 17.2 Å². The van der Waals surface area contributed by atoms with E-state index < -0.39 is 18.0 Å². The minimum absolute atomic E-state index is 0.0334. The molecule has 1 atom stereocenters. The molecular weight excluding hydrogens is 430 g/mol. The van der Waals surface area contributed by atoms with Crippen LogP contribution < -0.4 is 25.3 Å². The first-order valence-electron chi connectivity index (χ1n) is 10.4. The quantitative estimate of drug-likeness (QED) is 0.162. The fraction of sp³-hybridized carbons (Fsp3) is 0.348. The van der Waals surface area contributed by atoms with Crippen LogP contribution in [-0.4, -0.2) is 49.3 Å². The van der Waals surface area contributed by atoms with Crippen LogP contribution in [0.15, 0.2) is 36.4 Å². The molecule has 0 aromatic heterocycles. The Bertz CT molecular complexity index is 977. The monoisotopic (exact) mass is 459 g/mol. The average molecular weight is 459 g/mol. The third kappa shape index (κ3) is 7.11. The van der Waals surface area contributed by atoms with Crippen molar-refractivity contribution in [2.75, 3.05) is 31.7 Å². The standard InChI is InChI=1S/C23H29N3O7/c1-4-30-19-12-17(18(32-11-10-27)13-20(19)31-5-2)21(23(29)33-14(3)28)26-16-8-6-15(7-9-16)22(24)25/h6-9,12-13,21,26-27H,4-5,10-11H2,1-3H3,(H3,24,25). The highest BCUT2D eigenvalue weighted by Crippen LogP contribution is 2.39. The van der Waals surface area contributed by atoms with Gasteiger partial charge in [0, 0.05) is 29.8 Å². The molecule has 0 saturated heterocycles. The van der Waals surface area contributed by atoms with E-state index in [9.17, 15) is 14.7 Å². The van der Waals surface area contributed by atoms with Gasteiger partial charge in [0.25, 0.3) is 0 Å². The number of aliphatic hydroxyl groups excluding tert-OH is 1. The maximum Gasteiger partial charge on any atom is 0.341 e. The Hall–Kier alpha value is -3.79. The zero-order valence-electron chi connectivity index (χ0n) is 18.8. The molecule has 0 aliphatic rings. The van der Waals surface area contributed by atoms with Crippen LogP contribution in [0.25, 0.3) is 0 Å². The predicted molar refractivity (Wildman–Crippen MR) is 122 cm³/mol. The Morgan fingerprint density at radius 1 is 1.03 bits per heavy atom. The molecule has 0 aliphatic heterocycles. The normalized spacial score (nSPS) is 11.3. The minimum atomic E-state index is -1.17. The third-order valence-corrected chi connectivity index (χ3v) is 4.32. The number of hydrogen-bond donors (Lipinski definition) is 4. The molecule has 1 unspecified atom stereocenters. The molecule has 2 aromatic carbocycles. The highest BCUT2D eigenvalue weighted by Gasteiger charge is 2.29. The lowest BCUT2D eigenvalue weighted by molar-refractivity contribution is -0.158. The number of rotatable bonds is 12. The minimum Gasteiger partial charge on any atom is -0.491 e. The van der Waals surface area contributed by atoms with E-state index in [1.165, 1.54) is 0 Å². The van der Waals surface area contributed by atoms with Crippen molar-refractivity contribution in [1.29, 1.82) is 5.41 Å². The molecule has 0 spiro atoms.